The number of aromatic nitrogens is 2. The summed E-state index contributed by atoms with van der Waals surface area (Å²) in [5.41, 5.74) is 6.01. The van der Waals surface area contributed by atoms with Crippen molar-refractivity contribution in [3.05, 3.63) is 11.7 Å². The van der Waals surface area contributed by atoms with Crippen molar-refractivity contribution in [1.82, 2.24) is 15.0 Å². The van der Waals surface area contributed by atoms with E-state index in [4.69, 9.17) is 10.3 Å². The Morgan fingerprint density at radius 3 is 2.45 bits per heavy atom. The van der Waals surface area contributed by atoms with Gasteiger partial charge in [-0.15, -0.1) is 12.4 Å². The molecule has 2 unspecified atom stereocenters. The van der Waals surface area contributed by atoms with Gasteiger partial charge in [0, 0.05) is 12.1 Å². The second-order valence-corrected chi connectivity index (χ2v) is 6.32. The number of rotatable bonds is 3. The van der Waals surface area contributed by atoms with Crippen LogP contribution in [-0.2, 0) is 12.1 Å². The van der Waals surface area contributed by atoms with Gasteiger partial charge in [0.1, 0.15) is 0 Å². The van der Waals surface area contributed by atoms with Crippen molar-refractivity contribution in [3.8, 4) is 0 Å². The summed E-state index contributed by atoms with van der Waals surface area (Å²) < 4.78 is 5.42. The lowest BCUT2D eigenvalue weighted by Crippen LogP contribution is -2.35. The van der Waals surface area contributed by atoms with E-state index in [-0.39, 0.29) is 17.9 Å². The van der Waals surface area contributed by atoms with E-state index in [2.05, 4.69) is 28.9 Å². The van der Waals surface area contributed by atoms with Crippen molar-refractivity contribution < 1.29 is 4.52 Å². The molecule has 2 aliphatic rings. The molecule has 1 aliphatic carbocycles. The van der Waals surface area contributed by atoms with Crippen molar-refractivity contribution in [2.75, 3.05) is 0 Å². The molecule has 2 atom stereocenters. The molecule has 1 saturated carbocycles. The number of nitrogens with two attached hydrogens (primary N) is 1. The Balaban J connectivity index is 0.00000147. The van der Waals surface area contributed by atoms with Gasteiger partial charge in [0.05, 0.1) is 12.1 Å². The van der Waals surface area contributed by atoms with E-state index in [9.17, 15) is 0 Å². The van der Waals surface area contributed by atoms with Gasteiger partial charge in [-0.05, 0) is 39.5 Å². The van der Waals surface area contributed by atoms with Gasteiger partial charge in [-0.25, -0.2) is 0 Å². The maximum absolute atomic E-state index is 6.36. The normalized spacial score (nSPS) is 29.6. The highest BCUT2D eigenvalue weighted by molar-refractivity contribution is 5.85. The fraction of sp³-hybridized carbons (Fsp3) is 0.857. The third-order valence-electron chi connectivity index (χ3n) is 4.86. The molecular weight excluding hydrogens is 276 g/mol. The van der Waals surface area contributed by atoms with Crippen LogP contribution in [0.2, 0.25) is 0 Å². The van der Waals surface area contributed by atoms with Crippen LogP contribution in [0.5, 0.6) is 0 Å². The molecular formula is C14H25ClN4O. The Labute approximate surface area is 126 Å². The Kier molecular flexibility index (Phi) is 4.72. The predicted octanol–water partition coefficient (Wildman–Crippen LogP) is 2.59. The summed E-state index contributed by atoms with van der Waals surface area (Å²) in [5.74, 6) is 1.42. The Hall–Kier alpha value is -0.650. The van der Waals surface area contributed by atoms with E-state index >= 15 is 0 Å². The zero-order chi connectivity index (χ0) is 13.5. The van der Waals surface area contributed by atoms with Crippen LogP contribution >= 0.6 is 12.4 Å². The van der Waals surface area contributed by atoms with Gasteiger partial charge in [-0.2, -0.15) is 4.98 Å². The predicted molar refractivity (Wildman–Crippen MR) is 79.6 cm³/mol. The van der Waals surface area contributed by atoms with Crippen LogP contribution in [0, 0.1) is 0 Å². The minimum Gasteiger partial charge on any atom is -0.338 e. The summed E-state index contributed by atoms with van der Waals surface area (Å²) in [6, 6.07) is 1.20. The fourth-order valence-electron chi connectivity index (χ4n) is 3.47. The highest BCUT2D eigenvalue weighted by Crippen LogP contribution is 2.34. The lowest BCUT2D eigenvalue weighted by atomic mass is 9.99. The first-order chi connectivity index (χ1) is 9.08. The van der Waals surface area contributed by atoms with Gasteiger partial charge in [-0.1, -0.05) is 18.0 Å². The minimum absolute atomic E-state index is 0. The Morgan fingerprint density at radius 2 is 1.85 bits per heavy atom. The number of hydrogen-bond acceptors (Lipinski definition) is 5. The lowest BCUT2D eigenvalue weighted by molar-refractivity contribution is 0.177. The van der Waals surface area contributed by atoms with E-state index in [1.54, 1.807) is 0 Å². The molecule has 1 aliphatic heterocycles. The van der Waals surface area contributed by atoms with Crippen molar-refractivity contribution in [2.45, 2.75) is 76.5 Å². The molecule has 114 valence electrons. The van der Waals surface area contributed by atoms with E-state index in [1.807, 2.05) is 0 Å². The molecule has 1 aromatic rings. The SMILES string of the molecule is CC1CCC(C)N1Cc1nc(C2(N)CCCC2)no1.Cl. The van der Waals surface area contributed by atoms with Gasteiger partial charge >= 0.3 is 0 Å². The minimum atomic E-state index is -0.343. The zero-order valence-electron chi connectivity index (χ0n) is 12.3. The van der Waals surface area contributed by atoms with Crippen molar-refractivity contribution in [1.29, 1.82) is 0 Å². The molecule has 0 bridgehead atoms. The van der Waals surface area contributed by atoms with Gasteiger partial charge in [0.25, 0.3) is 0 Å². The highest BCUT2D eigenvalue weighted by atomic mass is 35.5. The molecule has 5 nitrogen and oxygen atoms in total. The van der Waals surface area contributed by atoms with Gasteiger partial charge in [0.15, 0.2) is 5.82 Å². The first-order valence-electron chi connectivity index (χ1n) is 7.46. The van der Waals surface area contributed by atoms with Gasteiger partial charge in [0.2, 0.25) is 5.89 Å². The summed E-state index contributed by atoms with van der Waals surface area (Å²) in [6.07, 6.45) is 6.79. The quantitative estimate of drug-likeness (QED) is 0.929. The van der Waals surface area contributed by atoms with Gasteiger partial charge < -0.3 is 10.3 Å². The van der Waals surface area contributed by atoms with Crippen LogP contribution in [0.4, 0.5) is 0 Å². The highest BCUT2D eigenvalue weighted by Gasteiger charge is 2.36. The van der Waals surface area contributed by atoms with E-state index in [1.165, 1.54) is 25.7 Å². The molecule has 0 aromatic carbocycles. The van der Waals surface area contributed by atoms with Crippen molar-refractivity contribution >= 4 is 12.4 Å². The molecule has 20 heavy (non-hydrogen) atoms. The van der Waals surface area contributed by atoms with Gasteiger partial charge in [-0.3, -0.25) is 4.90 Å². The van der Waals surface area contributed by atoms with E-state index < -0.39 is 0 Å². The van der Waals surface area contributed by atoms with Crippen LogP contribution in [-0.4, -0.2) is 27.1 Å². The topological polar surface area (TPSA) is 68.2 Å². The molecule has 1 saturated heterocycles. The molecule has 6 heteroatoms. The first-order valence-corrected chi connectivity index (χ1v) is 7.46. The van der Waals surface area contributed by atoms with Crippen LogP contribution < -0.4 is 5.73 Å². The largest absolute Gasteiger partial charge is 0.338 e. The smallest absolute Gasteiger partial charge is 0.240 e. The lowest BCUT2D eigenvalue weighted by Gasteiger charge is -2.23. The summed E-state index contributed by atoms with van der Waals surface area (Å²) in [7, 11) is 0. The molecule has 0 radical (unpaired) electrons. The number of nitrogens with zero attached hydrogens (tertiary/aromatic N) is 3. The molecule has 0 amide bonds. The van der Waals surface area contributed by atoms with E-state index in [0.717, 1.165) is 19.4 Å². The summed E-state index contributed by atoms with van der Waals surface area (Å²) >= 11 is 0. The summed E-state index contributed by atoms with van der Waals surface area (Å²) in [5, 5.41) is 4.12. The Morgan fingerprint density at radius 1 is 1.25 bits per heavy atom. The number of likely N-dealkylation sites (tertiary alicyclic amines) is 1. The molecule has 1 aromatic heterocycles. The number of halogens is 1. The average molecular weight is 301 g/mol. The van der Waals surface area contributed by atoms with Crippen molar-refractivity contribution in [2.24, 2.45) is 5.73 Å². The number of hydrogen-bond donors (Lipinski definition) is 1. The Bertz CT molecular complexity index is 434. The fourth-order valence-corrected chi connectivity index (χ4v) is 3.47. The third-order valence-corrected chi connectivity index (χ3v) is 4.86. The molecule has 2 N–H and O–H groups in total. The molecule has 3 rings (SSSR count). The molecule has 2 fully saturated rings. The maximum Gasteiger partial charge on any atom is 0.240 e. The second-order valence-electron chi connectivity index (χ2n) is 6.32. The summed E-state index contributed by atoms with van der Waals surface area (Å²) in [4.78, 5) is 6.99. The van der Waals surface area contributed by atoms with Crippen molar-refractivity contribution in [3.63, 3.8) is 0 Å². The monoisotopic (exact) mass is 300 g/mol. The molecule has 2 heterocycles. The van der Waals surface area contributed by atoms with E-state index in [0.29, 0.717) is 23.8 Å². The molecule has 0 spiro atoms. The van der Waals surface area contributed by atoms with Crippen LogP contribution in [0.25, 0.3) is 0 Å². The standard InChI is InChI=1S/C14H24N4O.ClH/c1-10-5-6-11(2)18(10)9-12-16-13(17-19-12)14(15)7-3-4-8-14;/h10-11H,3-9,15H2,1-2H3;1H. The maximum atomic E-state index is 6.36. The first kappa shape index (κ1) is 15.7. The third kappa shape index (κ3) is 2.85. The van der Waals surface area contributed by atoms with Crippen LogP contribution in [0.3, 0.4) is 0 Å². The average Bonchev–Trinajstić information content (AvgIpc) is 3.07. The summed E-state index contributed by atoms with van der Waals surface area (Å²) in [6.45, 7) is 5.29. The second kappa shape index (κ2) is 6.00. The zero-order valence-corrected chi connectivity index (χ0v) is 13.2. The van der Waals surface area contributed by atoms with Crippen LogP contribution in [0.1, 0.15) is 64.1 Å². The van der Waals surface area contributed by atoms with Crippen LogP contribution in [0.15, 0.2) is 4.52 Å².